The van der Waals surface area contributed by atoms with E-state index in [2.05, 4.69) is 10.3 Å². The fraction of sp³-hybridized carbons (Fsp3) is 0.138. The average Bonchev–Trinajstić information content (AvgIpc) is 2.88. The van der Waals surface area contributed by atoms with E-state index in [4.69, 9.17) is 9.47 Å². The van der Waals surface area contributed by atoms with E-state index < -0.39 is 5.97 Å². The maximum Gasteiger partial charge on any atom is 0.337 e. The SMILES string of the molecule is Cc1c(OCc2ccccc2)ccc(Oc2ccc(CC(=O)Nc3ccccc3C(=O)O)cn2)c1C. The number of anilines is 1. The van der Waals surface area contributed by atoms with Gasteiger partial charge in [0.25, 0.3) is 0 Å². The van der Waals surface area contributed by atoms with E-state index >= 15 is 0 Å². The van der Waals surface area contributed by atoms with Gasteiger partial charge in [-0.2, -0.15) is 0 Å². The minimum atomic E-state index is -1.10. The molecule has 0 bridgehead atoms. The van der Waals surface area contributed by atoms with Crippen molar-refractivity contribution in [2.24, 2.45) is 0 Å². The van der Waals surface area contributed by atoms with E-state index in [0.29, 0.717) is 23.8 Å². The van der Waals surface area contributed by atoms with E-state index in [1.165, 1.54) is 6.07 Å². The van der Waals surface area contributed by atoms with Crippen LogP contribution >= 0.6 is 0 Å². The molecule has 1 amide bonds. The highest BCUT2D eigenvalue weighted by Crippen LogP contribution is 2.32. The minimum Gasteiger partial charge on any atom is -0.489 e. The zero-order valence-electron chi connectivity index (χ0n) is 20.0. The van der Waals surface area contributed by atoms with Gasteiger partial charge in [-0.15, -0.1) is 0 Å². The summed E-state index contributed by atoms with van der Waals surface area (Å²) in [4.78, 5) is 28.1. The number of para-hydroxylation sites is 1. The lowest BCUT2D eigenvalue weighted by atomic mass is 10.1. The number of carboxylic acids is 1. The Labute approximate surface area is 209 Å². The van der Waals surface area contributed by atoms with E-state index in [1.807, 2.05) is 56.3 Å². The molecule has 4 aromatic rings. The van der Waals surface area contributed by atoms with Crippen molar-refractivity contribution in [1.29, 1.82) is 0 Å². The normalized spacial score (nSPS) is 10.5. The quantitative estimate of drug-likeness (QED) is 0.306. The fourth-order valence-corrected chi connectivity index (χ4v) is 3.62. The smallest absolute Gasteiger partial charge is 0.337 e. The molecule has 1 heterocycles. The first-order valence-electron chi connectivity index (χ1n) is 11.4. The van der Waals surface area contributed by atoms with Gasteiger partial charge in [0.1, 0.15) is 18.1 Å². The molecule has 0 spiro atoms. The van der Waals surface area contributed by atoms with Gasteiger partial charge in [-0.1, -0.05) is 48.5 Å². The number of hydrogen-bond acceptors (Lipinski definition) is 5. The van der Waals surface area contributed by atoms with Crippen molar-refractivity contribution in [3.63, 3.8) is 0 Å². The van der Waals surface area contributed by atoms with Crippen LogP contribution in [-0.2, 0) is 17.8 Å². The number of rotatable bonds is 9. The number of ether oxygens (including phenoxy) is 2. The largest absolute Gasteiger partial charge is 0.489 e. The van der Waals surface area contributed by atoms with Gasteiger partial charge in [-0.25, -0.2) is 9.78 Å². The molecule has 7 heteroatoms. The van der Waals surface area contributed by atoms with Gasteiger partial charge in [0.05, 0.1) is 17.7 Å². The second kappa shape index (κ2) is 11.2. The number of carbonyl (C=O) groups excluding carboxylic acids is 1. The monoisotopic (exact) mass is 482 g/mol. The summed E-state index contributed by atoms with van der Waals surface area (Å²) in [5.74, 6) is 0.424. The van der Waals surface area contributed by atoms with Crippen molar-refractivity contribution in [1.82, 2.24) is 4.98 Å². The summed E-state index contributed by atoms with van der Waals surface area (Å²) in [5.41, 5.74) is 3.99. The topological polar surface area (TPSA) is 97.8 Å². The van der Waals surface area contributed by atoms with Crippen molar-refractivity contribution in [3.8, 4) is 17.4 Å². The molecule has 4 rings (SSSR count). The molecule has 0 atom stereocenters. The van der Waals surface area contributed by atoms with E-state index in [0.717, 1.165) is 22.4 Å². The van der Waals surface area contributed by atoms with E-state index in [9.17, 15) is 14.7 Å². The summed E-state index contributed by atoms with van der Waals surface area (Å²) >= 11 is 0. The number of amides is 1. The number of benzene rings is 3. The molecule has 0 saturated heterocycles. The van der Waals surface area contributed by atoms with Crippen LogP contribution in [0.25, 0.3) is 0 Å². The zero-order chi connectivity index (χ0) is 25.5. The third kappa shape index (κ3) is 6.07. The predicted molar refractivity (Wildman–Crippen MR) is 137 cm³/mol. The Morgan fingerprint density at radius 2 is 1.53 bits per heavy atom. The van der Waals surface area contributed by atoms with Crippen LogP contribution < -0.4 is 14.8 Å². The Bertz CT molecular complexity index is 1370. The van der Waals surface area contributed by atoms with Gasteiger partial charge >= 0.3 is 5.97 Å². The summed E-state index contributed by atoms with van der Waals surface area (Å²) in [5, 5.41) is 11.9. The van der Waals surface area contributed by atoms with Crippen LogP contribution in [0.2, 0.25) is 0 Å². The molecule has 182 valence electrons. The van der Waals surface area contributed by atoms with Crippen molar-refractivity contribution in [2.75, 3.05) is 5.32 Å². The fourth-order valence-electron chi connectivity index (χ4n) is 3.62. The van der Waals surface area contributed by atoms with Crippen LogP contribution in [0.3, 0.4) is 0 Å². The lowest BCUT2D eigenvalue weighted by molar-refractivity contribution is -0.115. The minimum absolute atomic E-state index is 0.0369. The third-order valence-corrected chi connectivity index (χ3v) is 5.73. The molecule has 1 aromatic heterocycles. The Balaban J connectivity index is 1.37. The second-order valence-corrected chi connectivity index (χ2v) is 8.27. The lowest BCUT2D eigenvalue weighted by Crippen LogP contribution is -2.16. The number of nitrogens with one attached hydrogen (secondary N) is 1. The Morgan fingerprint density at radius 1 is 0.833 bits per heavy atom. The number of hydrogen-bond donors (Lipinski definition) is 2. The van der Waals surface area contributed by atoms with Gasteiger partial charge in [0.15, 0.2) is 0 Å². The highest BCUT2D eigenvalue weighted by molar-refractivity contribution is 6.00. The van der Waals surface area contributed by atoms with Gasteiger partial charge in [0.2, 0.25) is 11.8 Å². The second-order valence-electron chi connectivity index (χ2n) is 8.27. The van der Waals surface area contributed by atoms with Crippen LogP contribution in [0.15, 0.2) is 85.1 Å². The molecule has 2 N–H and O–H groups in total. The van der Waals surface area contributed by atoms with Crippen molar-refractivity contribution in [2.45, 2.75) is 26.9 Å². The van der Waals surface area contributed by atoms with Gasteiger partial charge < -0.3 is 19.9 Å². The van der Waals surface area contributed by atoms with E-state index in [1.54, 1.807) is 36.5 Å². The van der Waals surface area contributed by atoms with Gasteiger partial charge in [0, 0.05) is 12.3 Å². The first-order chi connectivity index (χ1) is 17.4. The molecule has 0 unspecified atom stereocenters. The molecule has 0 fully saturated rings. The summed E-state index contributed by atoms with van der Waals surface area (Å²) in [7, 11) is 0. The summed E-state index contributed by atoms with van der Waals surface area (Å²) in [6.45, 7) is 4.44. The van der Waals surface area contributed by atoms with Crippen molar-refractivity contribution < 1.29 is 24.2 Å². The molecular formula is C29H26N2O5. The van der Waals surface area contributed by atoms with Crippen molar-refractivity contribution >= 4 is 17.6 Å². The molecular weight excluding hydrogens is 456 g/mol. The lowest BCUT2D eigenvalue weighted by Gasteiger charge is -2.15. The van der Waals surface area contributed by atoms with Crippen LogP contribution in [0.1, 0.15) is 32.6 Å². The number of carbonyl (C=O) groups is 2. The molecule has 36 heavy (non-hydrogen) atoms. The molecule has 0 aliphatic carbocycles. The number of carboxylic acid groups (broad SMARTS) is 1. The highest BCUT2D eigenvalue weighted by Gasteiger charge is 2.13. The van der Waals surface area contributed by atoms with Crippen LogP contribution in [-0.4, -0.2) is 22.0 Å². The molecule has 0 saturated carbocycles. The standard InChI is InChI=1S/C29H26N2O5/c1-19-20(2)26(14-13-25(19)35-18-21-8-4-3-5-9-21)36-28-15-12-22(17-30-28)16-27(32)31-24-11-7-6-10-23(24)29(33)34/h3-15,17H,16,18H2,1-2H3,(H,31,32)(H,33,34). The maximum absolute atomic E-state index is 12.4. The third-order valence-electron chi connectivity index (χ3n) is 5.73. The van der Waals surface area contributed by atoms with Gasteiger partial charge in [-0.05, 0) is 60.4 Å². The van der Waals surface area contributed by atoms with Crippen LogP contribution in [0.5, 0.6) is 17.4 Å². The first kappa shape index (κ1) is 24.5. The molecule has 7 nitrogen and oxygen atoms in total. The van der Waals surface area contributed by atoms with Crippen LogP contribution in [0.4, 0.5) is 5.69 Å². The maximum atomic E-state index is 12.4. The number of nitrogens with zero attached hydrogens (tertiary/aromatic N) is 1. The molecule has 0 radical (unpaired) electrons. The van der Waals surface area contributed by atoms with E-state index in [-0.39, 0.29) is 23.6 Å². The number of pyridine rings is 1. The predicted octanol–water partition coefficient (Wildman–Crippen LogP) is 5.95. The number of aromatic carboxylic acids is 1. The molecule has 0 aliphatic rings. The average molecular weight is 483 g/mol. The summed E-state index contributed by atoms with van der Waals surface area (Å²) < 4.78 is 12.0. The van der Waals surface area contributed by atoms with Crippen molar-refractivity contribution in [3.05, 3.63) is 113 Å². The molecule has 0 aliphatic heterocycles. The van der Waals surface area contributed by atoms with Gasteiger partial charge in [-0.3, -0.25) is 4.79 Å². The number of aromatic nitrogens is 1. The highest BCUT2D eigenvalue weighted by atomic mass is 16.5. The van der Waals surface area contributed by atoms with Crippen LogP contribution in [0, 0.1) is 13.8 Å². The first-order valence-corrected chi connectivity index (χ1v) is 11.4. The summed E-state index contributed by atoms with van der Waals surface area (Å²) in [6, 6.07) is 23.4. The Morgan fingerprint density at radius 3 is 2.25 bits per heavy atom. The molecule has 3 aromatic carbocycles. The zero-order valence-corrected chi connectivity index (χ0v) is 20.0. The Kier molecular flexibility index (Phi) is 7.60. The summed E-state index contributed by atoms with van der Waals surface area (Å²) in [6.07, 6.45) is 1.62. The Hall–Kier alpha value is -4.65.